The lowest BCUT2D eigenvalue weighted by Gasteiger charge is -2.27. The van der Waals surface area contributed by atoms with Crippen LogP contribution >= 0.6 is 0 Å². The minimum absolute atomic E-state index is 0.0776. The standard InChI is InChI=1S/C26H29N3O6/c30-23(27-14-24(31)29-17-7-5-6-16(12-17)25(32)33)13-28-26(34)35-15-22-20-10-3-1-8-18(20)19-9-2-4-11-21(19)22/h1-4,8-11,16-17,22H,5-7,12-15H2,(H,27,30)(H,28,34)(H,29,31)(H,32,33)/t16-,17-/m1/s1. The second-order valence-corrected chi connectivity index (χ2v) is 8.92. The van der Waals surface area contributed by atoms with Crippen molar-refractivity contribution in [1.29, 1.82) is 0 Å². The molecule has 4 rings (SSSR count). The molecule has 2 aromatic carbocycles. The quantitative estimate of drug-likeness (QED) is 0.459. The Morgan fingerprint density at radius 3 is 2.14 bits per heavy atom. The highest BCUT2D eigenvalue weighted by Crippen LogP contribution is 2.44. The summed E-state index contributed by atoms with van der Waals surface area (Å²) in [5, 5.41) is 16.8. The fourth-order valence-corrected chi connectivity index (χ4v) is 4.87. The van der Waals surface area contributed by atoms with E-state index in [1.165, 1.54) is 0 Å². The van der Waals surface area contributed by atoms with Crippen LogP contribution in [0.15, 0.2) is 48.5 Å². The van der Waals surface area contributed by atoms with Gasteiger partial charge >= 0.3 is 12.1 Å². The highest BCUT2D eigenvalue weighted by Gasteiger charge is 2.29. The van der Waals surface area contributed by atoms with Crippen molar-refractivity contribution >= 4 is 23.9 Å². The normalized spacial score (nSPS) is 18.6. The fraction of sp³-hybridized carbons (Fsp3) is 0.385. The molecule has 0 spiro atoms. The maximum Gasteiger partial charge on any atom is 0.407 e. The summed E-state index contributed by atoms with van der Waals surface area (Å²) in [7, 11) is 0. The number of benzene rings is 2. The topological polar surface area (TPSA) is 134 Å². The number of alkyl carbamates (subject to hydrolysis) is 1. The average Bonchev–Trinajstić information content (AvgIpc) is 3.19. The van der Waals surface area contributed by atoms with Crippen LogP contribution < -0.4 is 16.0 Å². The second-order valence-electron chi connectivity index (χ2n) is 8.92. The van der Waals surface area contributed by atoms with Crippen LogP contribution in [0.2, 0.25) is 0 Å². The number of nitrogens with one attached hydrogen (secondary N) is 3. The fourth-order valence-electron chi connectivity index (χ4n) is 4.87. The van der Waals surface area contributed by atoms with E-state index < -0.39 is 29.8 Å². The largest absolute Gasteiger partial charge is 0.481 e. The van der Waals surface area contributed by atoms with Crippen LogP contribution in [0, 0.1) is 5.92 Å². The summed E-state index contributed by atoms with van der Waals surface area (Å²) in [6.45, 7) is -0.434. The number of aliphatic carboxylic acids is 1. The molecule has 2 aliphatic carbocycles. The molecule has 0 bridgehead atoms. The molecule has 1 fully saturated rings. The van der Waals surface area contributed by atoms with Crippen molar-refractivity contribution in [3.8, 4) is 11.1 Å². The Labute approximate surface area is 203 Å². The van der Waals surface area contributed by atoms with Crippen LogP contribution in [0.1, 0.15) is 42.7 Å². The molecule has 184 valence electrons. The lowest BCUT2D eigenvalue weighted by molar-refractivity contribution is -0.143. The Bertz CT molecular complexity index is 1070. The first kappa shape index (κ1) is 24.3. The van der Waals surface area contributed by atoms with Crippen molar-refractivity contribution in [2.24, 2.45) is 5.92 Å². The number of amides is 3. The van der Waals surface area contributed by atoms with E-state index in [0.717, 1.165) is 28.7 Å². The van der Waals surface area contributed by atoms with Crippen molar-refractivity contribution in [2.45, 2.75) is 37.6 Å². The van der Waals surface area contributed by atoms with Gasteiger partial charge < -0.3 is 25.8 Å². The molecule has 0 aromatic heterocycles. The SMILES string of the molecule is O=C(CNC(=O)OCC1c2ccccc2-c2ccccc21)NCC(=O)N[C@@H]1CCC[C@@H](C(=O)O)C1. The summed E-state index contributed by atoms with van der Waals surface area (Å²) in [6, 6.07) is 15.8. The van der Waals surface area contributed by atoms with Gasteiger partial charge in [0.25, 0.3) is 0 Å². The van der Waals surface area contributed by atoms with Crippen molar-refractivity contribution in [3.05, 3.63) is 59.7 Å². The Balaban J connectivity index is 1.17. The molecule has 0 radical (unpaired) electrons. The number of hydrogen-bond donors (Lipinski definition) is 4. The van der Waals surface area contributed by atoms with Gasteiger partial charge in [0, 0.05) is 12.0 Å². The highest BCUT2D eigenvalue weighted by molar-refractivity contribution is 5.87. The molecule has 35 heavy (non-hydrogen) atoms. The average molecular weight is 480 g/mol. The second kappa shape index (κ2) is 11.0. The van der Waals surface area contributed by atoms with E-state index in [1.54, 1.807) is 0 Å². The van der Waals surface area contributed by atoms with E-state index in [4.69, 9.17) is 9.84 Å². The zero-order chi connectivity index (χ0) is 24.8. The summed E-state index contributed by atoms with van der Waals surface area (Å²) in [5.41, 5.74) is 4.44. The van der Waals surface area contributed by atoms with Gasteiger partial charge in [0.05, 0.1) is 12.5 Å². The molecule has 2 aromatic rings. The van der Waals surface area contributed by atoms with E-state index in [1.807, 2.05) is 48.5 Å². The van der Waals surface area contributed by atoms with Crippen LogP contribution in [-0.4, -0.2) is 54.7 Å². The number of carbonyl (C=O) groups excluding carboxylic acids is 3. The summed E-state index contributed by atoms with van der Waals surface area (Å²) in [6.07, 6.45) is 1.73. The third-order valence-corrected chi connectivity index (χ3v) is 6.57. The van der Waals surface area contributed by atoms with Crippen molar-refractivity contribution < 1.29 is 29.0 Å². The van der Waals surface area contributed by atoms with Crippen LogP contribution in [0.25, 0.3) is 11.1 Å². The minimum Gasteiger partial charge on any atom is -0.481 e. The monoisotopic (exact) mass is 479 g/mol. The van der Waals surface area contributed by atoms with Gasteiger partial charge in [-0.05, 0) is 41.5 Å². The van der Waals surface area contributed by atoms with Crippen LogP contribution in [0.4, 0.5) is 4.79 Å². The Kier molecular flexibility index (Phi) is 7.64. The third-order valence-electron chi connectivity index (χ3n) is 6.57. The van der Waals surface area contributed by atoms with E-state index in [-0.39, 0.29) is 31.7 Å². The van der Waals surface area contributed by atoms with Crippen molar-refractivity contribution in [1.82, 2.24) is 16.0 Å². The summed E-state index contributed by atoms with van der Waals surface area (Å²) in [5.74, 6) is -2.30. The van der Waals surface area contributed by atoms with Crippen molar-refractivity contribution in [3.63, 3.8) is 0 Å². The molecule has 4 N–H and O–H groups in total. The van der Waals surface area contributed by atoms with Gasteiger partial charge in [-0.25, -0.2) is 4.79 Å². The minimum atomic E-state index is -0.850. The zero-order valence-electron chi connectivity index (χ0n) is 19.3. The summed E-state index contributed by atoms with van der Waals surface area (Å²) < 4.78 is 5.39. The first-order chi connectivity index (χ1) is 16.9. The van der Waals surface area contributed by atoms with Gasteiger partial charge in [-0.15, -0.1) is 0 Å². The maximum absolute atomic E-state index is 12.2. The molecule has 2 aliphatic rings. The molecule has 0 unspecified atom stereocenters. The number of carboxylic acids is 1. The number of carboxylic acid groups (broad SMARTS) is 1. The van der Waals surface area contributed by atoms with Crippen LogP contribution in [-0.2, 0) is 19.1 Å². The predicted molar refractivity (Wildman–Crippen MR) is 128 cm³/mol. The molecule has 3 amide bonds. The lowest BCUT2D eigenvalue weighted by atomic mass is 9.86. The van der Waals surface area contributed by atoms with Gasteiger partial charge in [-0.2, -0.15) is 0 Å². The van der Waals surface area contributed by atoms with E-state index in [9.17, 15) is 19.2 Å². The van der Waals surface area contributed by atoms with E-state index >= 15 is 0 Å². The third kappa shape index (κ3) is 5.98. The smallest absolute Gasteiger partial charge is 0.407 e. The maximum atomic E-state index is 12.2. The Hall–Kier alpha value is -3.88. The van der Waals surface area contributed by atoms with Gasteiger partial charge in [0.1, 0.15) is 13.2 Å². The number of rotatable bonds is 8. The Morgan fingerprint density at radius 1 is 0.857 bits per heavy atom. The van der Waals surface area contributed by atoms with Gasteiger partial charge in [-0.3, -0.25) is 14.4 Å². The summed E-state index contributed by atoms with van der Waals surface area (Å²) in [4.78, 5) is 47.4. The van der Waals surface area contributed by atoms with Crippen LogP contribution in [0.3, 0.4) is 0 Å². The van der Waals surface area contributed by atoms with Gasteiger partial charge in [0.2, 0.25) is 11.8 Å². The van der Waals surface area contributed by atoms with Crippen LogP contribution in [0.5, 0.6) is 0 Å². The molecule has 0 aliphatic heterocycles. The molecule has 0 saturated heterocycles. The molecular weight excluding hydrogens is 450 g/mol. The Morgan fingerprint density at radius 2 is 1.49 bits per heavy atom. The lowest BCUT2D eigenvalue weighted by Crippen LogP contribution is -2.46. The number of ether oxygens (including phenoxy) is 1. The molecule has 1 saturated carbocycles. The van der Waals surface area contributed by atoms with E-state index in [2.05, 4.69) is 16.0 Å². The van der Waals surface area contributed by atoms with E-state index in [0.29, 0.717) is 19.3 Å². The molecular formula is C26H29N3O6. The first-order valence-corrected chi connectivity index (χ1v) is 11.8. The van der Waals surface area contributed by atoms with Crippen molar-refractivity contribution in [2.75, 3.05) is 19.7 Å². The number of carbonyl (C=O) groups is 4. The molecule has 2 atom stereocenters. The highest BCUT2D eigenvalue weighted by atomic mass is 16.5. The molecule has 9 heteroatoms. The van der Waals surface area contributed by atoms with Gasteiger partial charge in [-0.1, -0.05) is 55.0 Å². The first-order valence-electron chi connectivity index (χ1n) is 11.8. The predicted octanol–water partition coefficient (Wildman–Crippen LogP) is 2.40. The summed E-state index contributed by atoms with van der Waals surface area (Å²) >= 11 is 0. The number of fused-ring (bicyclic) bond motifs is 3. The number of hydrogen-bond acceptors (Lipinski definition) is 5. The van der Waals surface area contributed by atoms with Gasteiger partial charge in [0.15, 0.2) is 0 Å². The molecule has 0 heterocycles. The zero-order valence-corrected chi connectivity index (χ0v) is 19.3. The molecule has 9 nitrogen and oxygen atoms in total.